The van der Waals surface area contributed by atoms with Gasteiger partial charge in [0.15, 0.2) is 11.6 Å². The predicted molar refractivity (Wildman–Crippen MR) is 80.7 cm³/mol. The van der Waals surface area contributed by atoms with Crippen LogP contribution < -0.4 is 0 Å². The lowest BCUT2D eigenvalue weighted by Gasteiger charge is -2.05. The molecule has 0 amide bonds. The molecule has 0 radical (unpaired) electrons. The van der Waals surface area contributed by atoms with Gasteiger partial charge >= 0.3 is 5.97 Å². The molecule has 112 valence electrons. The van der Waals surface area contributed by atoms with Crippen molar-refractivity contribution in [1.82, 2.24) is 4.98 Å². The molecule has 0 atom stereocenters. The second-order valence-corrected chi connectivity index (χ2v) is 6.08. The summed E-state index contributed by atoms with van der Waals surface area (Å²) in [6.07, 6.45) is 0. The number of H-pyrrole nitrogens is 1. The fraction of sp³-hybridized carbons (Fsp3) is 0. The summed E-state index contributed by atoms with van der Waals surface area (Å²) >= 11 is 7.20. The van der Waals surface area contributed by atoms with E-state index in [1.807, 2.05) is 0 Å². The summed E-state index contributed by atoms with van der Waals surface area (Å²) in [5.74, 6) is -2.95. The van der Waals surface area contributed by atoms with Crippen LogP contribution in [0.4, 0.5) is 8.78 Å². The highest BCUT2D eigenvalue weighted by Crippen LogP contribution is 2.36. The van der Waals surface area contributed by atoms with Gasteiger partial charge in [-0.15, -0.1) is 0 Å². The SMILES string of the molecule is O=C(O)c1cc2c(Sc3ccc(F)c(F)c3)cc(Cl)cc2[nH]1. The van der Waals surface area contributed by atoms with E-state index in [1.54, 1.807) is 12.1 Å². The third-order valence-corrected chi connectivity index (χ3v) is 4.28. The molecule has 3 aromatic rings. The minimum absolute atomic E-state index is 0.0319. The fourth-order valence-corrected chi connectivity index (χ4v) is 3.34. The van der Waals surface area contributed by atoms with Gasteiger partial charge in [-0.2, -0.15) is 0 Å². The fourth-order valence-electron chi connectivity index (χ4n) is 2.04. The Labute approximate surface area is 132 Å². The Morgan fingerprint density at radius 2 is 1.91 bits per heavy atom. The second-order valence-electron chi connectivity index (χ2n) is 4.53. The number of nitrogens with one attached hydrogen (secondary N) is 1. The average Bonchev–Trinajstić information content (AvgIpc) is 2.87. The van der Waals surface area contributed by atoms with Crippen molar-refractivity contribution in [2.75, 3.05) is 0 Å². The number of halogens is 3. The molecule has 0 fully saturated rings. The third kappa shape index (κ3) is 2.80. The van der Waals surface area contributed by atoms with Crippen LogP contribution in [0, 0.1) is 11.6 Å². The standard InChI is InChI=1S/C15H8ClF2NO2S/c16-7-3-12-9(6-13(19-12)15(20)21)14(4-7)22-8-1-2-10(17)11(18)5-8/h1-6,19H,(H,20,21). The average molecular weight is 340 g/mol. The van der Waals surface area contributed by atoms with E-state index in [2.05, 4.69) is 4.98 Å². The van der Waals surface area contributed by atoms with Crippen LogP contribution in [-0.4, -0.2) is 16.1 Å². The van der Waals surface area contributed by atoms with Crippen molar-refractivity contribution >= 4 is 40.2 Å². The number of fused-ring (bicyclic) bond motifs is 1. The summed E-state index contributed by atoms with van der Waals surface area (Å²) in [7, 11) is 0. The van der Waals surface area contributed by atoms with Gasteiger partial charge in [-0.05, 0) is 36.4 Å². The van der Waals surface area contributed by atoms with Crippen molar-refractivity contribution in [3.63, 3.8) is 0 Å². The van der Waals surface area contributed by atoms with Crippen molar-refractivity contribution in [2.45, 2.75) is 9.79 Å². The number of aromatic amines is 1. The molecule has 0 unspecified atom stereocenters. The van der Waals surface area contributed by atoms with Gasteiger partial charge in [0, 0.05) is 25.7 Å². The topological polar surface area (TPSA) is 53.1 Å². The molecule has 1 heterocycles. The summed E-state index contributed by atoms with van der Waals surface area (Å²) in [5, 5.41) is 10.1. The molecule has 22 heavy (non-hydrogen) atoms. The van der Waals surface area contributed by atoms with E-state index in [0.717, 1.165) is 12.1 Å². The Hall–Kier alpha value is -2.05. The van der Waals surface area contributed by atoms with Gasteiger partial charge < -0.3 is 10.1 Å². The minimum atomic E-state index is -1.09. The first kappa shape index (κ1) is 14.9. The zero-order chi connectivity index (χ0) is 15.9. The first-order valence-electron chi connectivity index (χ1n) is 6.12. The summed E-state index contributed by atoms with van der Waals surface area (Å²) in [5.41, 5.74) is 0.597. The van der Waals surface area contributed by atoms with Crippen LogP contribution in [0.5, 0.6) is 0 Å². The normalized spacial score (nSPS) is 11.0. The molecule has 0 bridgehead atoms. The molecule has 3 rings (SSSR count). The molecule has 0 aliphatic rings. The number of rotatable bonds is 3. The third-order valence-electron chi connectivity index (χ3n) is 3.01. The molecule has 0 aliphatic carbocycles. The van der Waals surface area contributed by atoms with Crippen molar-refractivity contribution in [2.24, 2.45) is 0 Å². The molecule has 0 saturated heterocycles. The largest absolute Gasteiger partial charge is 0.477 e. The van der Waals surface area contributed by atoms with E-state index < -0.39 is 17.6 Å². The first-order chi connectivity index (χ1) is 10.4. The number of carbonyl (C=O) groups is 1. The lowest BCUT2D eigenvalue weighted by Crippen LogP contribution is -1.94. The molecule has 2 N–H and O–H groups in total. The second kappa shape index (κ2) is 5.62. The molecule has 0 saturated carbocycles. The summed E-state index contributed by atoms with van der Waals surface area (Å²) in [4.78, 5) is 14.9. The van der Waals surface area contributed by atoms with E-state index in [9.17, 15) is 13.6 Å². The molecule has 0 spiro atoms. The van der Waals surface area contributed by atoms with Crippen LogP contribution in [-0.2, 0) is 0 Å². The number of carboxylic acids is 1. The number of hydrogen-bond donors (Lipinski definition) is 2. The monoisotopic (exact) mass is 339 g/mol. The Morgan fingerprint density at radius 3 is 2.59 bits per heavy atom. The zero-order valence-electron chi connectivity index (χ0n) is 10.9. The van der Waals surface area contributed by atoms with Crippen LogP contribution >= 0.6 is 23.4 Å². The van der Waals surface area contributed by atoms with Crippen molar-refractivity contribution in [3.05, 3.63) is 58.7 Å². The lowest BCUT2D eigenvalue weighted by atomic mass is 10.2. The molecule has 1 aromatic heterocycles. The van der Waals surface area contributed by atoms with E-state index in [0.29, 0.717) is 25.7 Å². The van der Waals surface area contributed by atoms with Crippen LogP contribution in [0.15, 0.2) is 46.2 Å². The van der Waals surface area contributed by atoms with E-state index in [1.165, 1.54) is 23.9 Å². The van der Waals surface area contributed by atoms with Crippen LogP contribution in [0.25, 0.3) is 10.9 Å². The Morgan fingerprint density at radius 1 is 1.14 bits per heavy atom. The summed E-state index contributed by atoms with van der Waals surface area (Å²) in [6, 6.07) is 8.31. The van der Waals surface area contributed by atoms with Crippen molar-refractivity contribution in [1.29, 1.82) is 0 Å². The molecule has 0 aliphatic heterocycles. The minimum Gasteiger partial charge on any atom is -0.477 e. The van der Waals surface area contributed by atoms with Gasteiger partial charge in [0.25, 0.3) is 0 Å². The quantitative estimate of drug-likeness (QED) is 0.710. The number of carboxylic acid groups (broad SMARTS) is 1. The molecular formula is C15H8ClF2NO2S. The Kier molecular flexibility index (Phi) is 3.80. The maximum Gasteiger partial charge on any atom is 0.352 e. The maximum absolute atomic E-state index is 13.3. The summed E-state index contributed by atoms with van der Waals surface area (Å²) in [6.45, 7) is 0. The van der Waals surface area contributed by atoms with Gasteiger partial charge in [-0.3, -0.25) is 0 Å². The summed E-state index contributed by atoms with van der Waals surface area (Å²) < 4.78 is 26.3. The number of benzene rings is 2. The first-order valence-corrected chi connectivity index (χ1v) is 7.32. The lowest BCUT2D eigenvalue weighted by molar-refractivity contribution is 0.0691. The smallest absolute Gasteiger partial charge is 0.352 e. The highest BCUT2D eigenvalue weighted by molar-refractivity contribution is 7.99. The number of aromatic carboxylic acids is 1. The molecule has 2 aromatic carbocycles. The van der Waals surface area contributed by atoms with Crippen molar-refractivity contribution in [3.8, 4) is 0 Å². The predicted octanol–water partition coefficient (Wildman–Crippen LogP) is 4.95. The van der Waals surface area contributed by atoms with Gasteiger partial charge in [0.2, 0.25) is 0 Å². The van der Waals surface area contributed by atoms with Crippen LogP contribution in [0.1, 0.15) is 10.5 Å². The van der Waals surface area contributed by atoms with Gasteiger partial charge in [0.05, 0.1) is 0 Å². The van der Waals surface area contributed by atoms with Crippen molar-refractivity contribution < 1.29 is 18.7 Å². The highest BCUT2D eigenvalue weighted by Gasteiger charge is 2.13. The molecular weight excluding hydrogens is 332 g/mol. The van der Waals surface area contributed by atoms with E-state index in [4.69, 9.17) is 16.7 Å². The highest BCUT2D eigenvalue weighted by atomic mass is 35.5. The molecule has 7 heteroatoms. The van der Waals surface area contributed by atoms with Gasteiger partial charge in [-0.1, -0.05) is 23.4 Å². The van der Waals surface area contributed by atoms with Gasteiger partial charge in [0.1, 0.15) is 5.69 Å². The number of aromatic nitrogens is 1. The molecule has 3 nitrogen and oxygen atoms in total. The van der Waals surface area contributed by atoms with E-state index >= 15 is 0 Å². The maximum atomic E-state index is 13.3. The van der Waals surface area contributed by atoms with Crippen LogP contribution in [0.2, 0.25) is 5.02 Å². The zero-order valence-corrected chi connectivity index (χ0v) is 12.4. The number of hydrogen-bond acceptors (Lipinski definition) is 2. The van der Waals surface area contributed by atoms with E-state index in [-0.39, 0.29) is 5.69 Å². The van der Waals surface area contributed by atoms with Gasteiger partial charge in [-0.25, -0.2) is 13.6 Å². The van der Waals surface area contributed by atoms with Crippen LogP contribution in [0.3, 0.4) is 0 Å². The Bertz CT molecular complexity index is 895. The Balaban J connectivity index is 2.08.